The van der Waals surface area contributed by atoms with Crippen LogP contribution in [0.1, 0.15) is 0 Å². The van der Waals surface area contributed by atoms with E-state index in [1.165, 1.54) is 16.2 Å². The van der Waals surface area contributed by atoms with Gasteiger partial charge in [-0.1, -0.05) is 91.0 Å². The van der Waals surface area contributed by atoms with Gasteiger partial charge in [0.25, 0.3) is 0 Å². The van der Waals surface area contributed by atoms with E-state index in [0.717, 1.165) is 33.2 Å². The molecule has 0 amide bonds. The lowest BCUT2D eigenvalue weighted by molar-refractivity contribution is 1.06. The van der Waals surface area contributed by atoms with Crippen LogP contribution < -0.4 is 16.0 Å². The van der Waals surface area contributed by atoms with Crippen LogP contribution in [-0.2, 0) is 0 Å². The highest BCUT2D eigenvalue weighted by Crippen LogP contribution is 2.26. The van der Waals surface area contributed by atoms with Crippen LogP contribution in [0.3, 0.4) is 0 Å². The molecule has 0 aliphatic heterocycles. The Bertz CT molecular complexity index is 1730. The molecule has 0 aliphatic carbocycles. The van der Waals surface area contributed by atoms with Gasteiger partial charge in [-0.25, -0.2) is 0 Å². The lowest BCUT2D eigenvalue weighted by Crippen LogP contribution is -2.07. The number of benzene rings is 6. The maximum atomic E-state index is 4.69. The van der Waals surface area contributed by atoms with Crippen LogP contribution in [0.15, 0.2) is 127 Å². The van der Waals surface area contributed by atoms with Crippen LogP contribution in [0, 0.1) is 0 Å². The lowest BCUT2D eigenvalue weighted by Gasteiger charge is -2.13. The summed E-state index contributed by atoms with van der Waals surface area (Å²) in [4.78, 5) is 14.1. The van der Waals surface area contributed by atoms with Gasteiger partial charge in [0, 0.05) is 17.1 Å². The molecular weight excluding hydrogens is 480 g/mol. The van der Waals surface area contributed by atoms with Crippen molar-refractivity contribution in [1.29, 1.82) is 0 Å². The number of anilines is 6. The van der Waals surface area contributed by atoms with Crippen LogP contribution in [0.4, 0.5) is 34.9 Å². The number of aromatic nitrogens is 3. The van der Waals surface area contributed by atoms with Crippen molar-refractivity contribution in [3.63, 3.8) is 0 Å². The summed E-state index contributed by atoms with van der Waals surface area (Å²) >= 11 is 0. The van der Waals surface area contributed by atoms with Gasteiger partial charge in [-0.05, 0) is 68.7 Å². The van der Waals surface area contributed by atoms with Gasteiger partial charge in [-0.2, -0.15) is 15.0 Å². The van der Waals surface area contributed by atoms with Gasteiger partial charge in [0.05, 0.1) is 0 Å². The van der Waals surface area contributed by atoms with Crippen molar-refractivity contribution in [3.05, 3.63) is 127 Å². The van der Waals surface area contributed by atoms with Crippen molar-refractivity contribution in [2.75, 3.05) is 16.0 Å². The predicted molar refractivity (Wildman–Crippen MR) is 162 cm³/mol. The standard InChI is InChI=1S/C33H24N6/c1-4-10-25-19-28(16-13-22(25)7-1)34-31-37-32(35-29-17-14-23-8-2-5-11-26(23)20-29)39-33(38-31)36-30-18-15-24-9-3-6-12-27(24)21-30/h1-21H,(H3,34,35,36,37,38,39). The number of hydrogen-bond donors (Lipinski definition) is 3. The highest BCUT2D eigenvalue weighted by Gasteiger charge is 2.10. The van der Waals surface area contributed by atoms with Gasteiger partial charge in [0.2, 0.25) is 17.8 Å². The molecule has 0 aliphatic rings. The average molecular weight is 505 g/mol. The Morgan fingerprint density at radius 3 is 0.897 bits per heavy atom. The van der Waals surface area contributed by atoms with Crippen LogP contribution in [0.25, 0.3) is 32.3 Å². The first-order valence-corrected chi connectivity index (χ1v) is 12.8. The van der Waals surface area contributed by atoms with Gasteiger partial charge in [-0.15, -0.1) is 0 Å². The SMILES string of the molecule is c1ccc2cc(Nc3nc(Nc4ccc5ccccc5c4)nc(Nc4ccc5ccccc5c4)n3)ccc2c1. The van der Waals surface area contributed by atoms with Crippen molar-refractivity contribution in [2.24, 2.45) is 0 Å². The van der Waals surface area contributed by atoms with Gasteiger partial charge in [-0.3, -0.25) is 0 Å². The first-order valence-electron chi connectivity index (χ1n) is 12.8. The zero-order valence-electron chi connectivity index (χ0n) is 21.0. The molecule has 186 valence electrons. The molecule has 0 bridgehead atoms. The molecule has 7 rings (SSSR count). The molecule has 1 aromatic heterocycles. The maximum Gasteiger partial charge on any atom is 0.233 e. The summed E-state index contributed by atoms with van der Waals surface area (Å²) in [5.41, 5.74) is 2.69. The van der Waals surface area contributed by atoms with Gasteiger partial charge in [0.15, 0.2) is 0 Å². The Hall–Kier alpha value is -5.49. The number of fused-ring (bicyclic) bond motifs is 3. The third-order valence-corrected chi connectivity index (χ3v) is 6.65. The van der Waals surface area contributed by atoms with E-state index in [0.29, 0.717) is 17.8 Å². The Labute approximate surface area is 225 Å². The van der Waals surface area contributed by atoms with E-state index in [1.54, 1.807) is 0 Å². The molecule has 6 aromatic carbocycles. The minimum atomic E-state index is 0.437. The normalized spacial score (nSPS) is 11.1. The largest absolute Gasteiger partial charge is 0.324 e. The first kappa shape index (κ1) is 22.7. The summed E-state index contributed by atoms with van der Waals surface area (Å²) in [5, 5.41) is 17.0. The quantitative estimate of drug-likeness (QED) is 0.211. The summed E-state index contributed by atoms with van der Waals surface area (Å²) in [6, 6.07) is 43.4. The van der Waals surface area contributed by atoms with Crippen LogP contribution in [-0.4, -0.2) is 15.0 Å². The van der Waals surface area contributed by atoms with Crippen molar-refractivity contribution in [2.45, 2.75) is 0 Å². The summed E-state index contributed by atoms with van der Waals surface area (Å²) in [7, 11) is 0. The molecule has 1 heterocycles. The van der Waals surface area contributed by atoms with Crippen molar-refractivity contribution in [3.8, 4) is 0 Å². The monoisotopic (exact) mass is 504 g/mol. The fraction of sp³-hybridized carbons (Fsp3) is 0. The van der Waals surface area contributed by atoms with E-state index >= 15 is 0 Å². The minimum absolute atomic E-state index is 0.437. The zero-order valence-corrected chi connectivity index (χ0v) is 21.0. The molecule has 0 radical (unpaired) electrons. The molecule has 6 heteroatoms. The van der Waals surface area contributed by atoms with E-state index in [9.17, 15) is 0 Å². The number of nitrogens with one attached hydrogen (secondary N) is 3. The molecule has 0 saturated heterocycles. The molecule has 7 aromatic rings. The zero-order chi connectivity index (χ0) is 26.0. The molecule has 0 atom stereocenters. The van der Waals surface area contributed by atoms with E-state index < -0.39 is 0 Å². The number of nitrogens with zero attached hydrogens (tertiary/aromatic N) is 3. The summed E-state index contributed by atoms with van der Waals surface area (Å²) < 4.78 is 0. The smallest absolute Gasteiger partial charge is 0.233 e. The molecular formula is C33H24N6. The van der Waals surface area contributed by atoms with Crippen LogP contribution in [0.5, 0.6) is 0 Å². The lowest BCUT2D eigenvalue weighted by atomic mass is 10.1. The number of rotatable bonds is 6. The molecule has 0 fully saturated rings. The van der Waals surface area contributed by atoms with Gasteiger partial charge in [0.1, 0.15) is 0 Å². The molecule has 0 saturated carbocycles. The van der Waals surface area contributed by atoms with Crippen molar-refractivity contribution in [1.82, 2.24) is 15.0 Å². The minimum Gasteiger partial charge on any atom is -0.324 e. The van der Waals surface area contributed by atoms with E-state index in [4.69, 9.17) is 15.0 Å². The third kappa shape index (κ3) is 4.91. The second kappa shape index (κ2) is 9.76. The number of hydrogen-bond acceptors (Lipinski definition) is 6. The van der Waals surface area contributed by atoms with E-state index in [2.05, 4.69) is 88.7 Å². The van der Waals surface area contributed by atoms with Crippen LogP contribution >= 0.6 is 0 Å². The first-order chi connectivity index (χ1) is 19.2. The molecule has 3 N–H and O–H groups in total. The Balaban J connectivity index is 1.24. The third-order valence-electron chi connectivity index (χ3n) is 6.65. The predicted octanol–water partition coefficient (Wildman–Crippen LogP) is 8.56. The summed E-state index contributed by atoms with van der Waals surface area (Å²) in [6.45, 7) is 0. The topological polar surface area (TPSA) is 74.8 Å². The van der Waals surface area contributed by atoms with Gasteiger partial charge < -0.3 is 16.0 Å². The van der Waals surface area contributed by atoms with Crippen LogP contribution in [0.2, 0.25) is 0 Å². The van der Waals surface area contributed by atoms with E-state index in [1.807, 2.05) is 54.6 Å². The average Bonchev–Trinajstić information content (AvgIpc) is 2.97. The highest BCUT2D eigenvalue weighted by atomic mass is 15.3. The summed E-state index contributed by atoms with van der Waals surface area (Å²) in [5.74, 6) is 1.31. The highest BCUT2D eigenvalue weighted by molar-refractivity contribution is 5.88. The molecule has 0 unspecified atom stereocenters. The van der Waals surface area contributed by atoms with Crippen molar-refractivity contribution >= 4 is 67.2 Å². The summed E-state index contributed by atoms with van der Waals surface area (Å²) in [6.07, 6.45) is 0. The Kier molecular flexibility index (Phi) is 5.68. The second-order valence-electron chi connectivity index (χ2n) is 9.37. The van der Waals surface area contributed by atoms with Crippen molar-refractivity contribution < 1.29 is 0 Å². The fourth-order valence-electron chi connectivity index (χ4n) is 4.73. The molecule has 6 nitrogen and oxygen atoms in total. The maximum absolute atomic E-state index is 4.69. The Morgan fingerprint density at radius 2 is 0.590 bits per heavy atom. The second-order valence-corrected chi connectivity index (χ2v) is 9.37. The van der Waals surface area contributed by atoms with E-state index in [-0.39, 0.29) is 0 Å². The Morgan fingerprint density at radius 1 is 0.308 bits per heavy atom. The van der Waals surface area contributed by atoms with Gasteiger partial charge >= 0.3 is 0 Å². The fourth-order valence-corrected chi connectivity index (χ4v) is 4.73. The molecule has 0 spiro atoms. The molecule has 39 heavy (non-hydrogen) atoms.